The summed E-state index contributed by atoms with van der Waals surface area (Å²) >= 11 is 0. The first-order chi connectivity index (χ1) is 12.8. The molecule has 0 spiro atoms. The fourth-order valence-corrected chi connectivity index (χ4v) is 3.54. The van der Waals surface area contributed by atoms with Gasteiger partial charge < -0.3 is 19.9 Å². The quantitative estimate of drug-likeness (QED) is 0.571. The van der Waals surface area contributed by atoms with Crippen LogP contribution in [0.25, 0.3) is 0 Å². The molecule has 0 radical (unpaired) electrons. The lowest BCUT2D eigenvalue weighted by molar-refractivity contribution is 0.181. The predicted octanol–water partition coefficient (Wildman–Crippen LogP) is 0.142. The maximum atomic E-state index is 5.47. The van der Waals surface area contributed by atoms with Crippen molar-refractivity contribution in [1.29, 1.82) is 0 Å². The molecule has 2 fully saturated rings. The highest BCUT2D eigenvalue weighted by molar-refractivity contribution is 5.79. The molecular formula is C18H31N7O. The third kappa shape index (κ3) is 5.28. The fourth-order valence-electron chi connectivity index (χ4n) is 3.54. The molecule has 2 saturated heterocycles. The van der Waals surface area contributed by atoms with Crippen molar-refractivity contribution in [3.8, 4) is 0 Å². The van der Waals surface area contributed by atoms with Crippen LogP contribution in [0.1, 0.15) is 6.42 Å². The fraction of sp³-hybridized carbons (Fsp3) is 0.722. The zero-order valence-corrected chi connectivity index (χ0v) is 16.0. The highest BCUT2D eigenvalue weighted by atomic mass is 16.5. The summed E-state index contributed by atoms with van der Waals surface area (Å²) < 4.78 is 5.47. The van der Waals surface area contributed by atoms with Gasteiger partial charge in [-0.25, -0.2) is 9.97 Å². The van der Waals surface area contributed by atoms with Crippen LogP contribution in [0, 0.1) is 5.92 Å². The summed E-state index contributed by atoms with van der Waals surface area (Å²) in [5.41, 5.74) is 0. The normalized spacial score (nSPS) is 21.8. The number of anilines is 1. The largest absolute Gasteiger partial charge is 0.381 e. The number of guanidine groups is 1. The van der Waals surface area contributed by atoms with Crippen molar-refractivity contribution < 1.29 is 4.74 Å². The Hall–Kier alpha value is -1.93. The number of aliphatic imine (C=N–C) groups is 1. The molecule has 8 heteroatoms. The van der Waals surface area contributed by atoms with Gasteiger partial charge in [-0.15, -0.1) is 0 Å². The van der Waals surface area contributed by atoms with E-state index in [1.807, 2.05) is 13.1 Å². The number of hydrogen-bond donors (Lipinski definition) is 1. The molecule has 1 N–H and O–H groups in total. The summed E-state index contributed by atoms with van der Waals surface area (Å²) in [5, 5.41) is 3.49. The number of piperazine rings is 1. The molecule has 26 heavy (non-hydrogen) atoms. The van der Waals surface area contributed by atoms with Crippen LogP contribution in [0.5, 0.6) is 0 Å². The molecule has 0 aliphatic carbocycles. The molecule has 3 rings (SSSR count). The van der Waals surface area contributed by atoms with E-state index >= 15 is 0 Å². The number of nitrogens with zero attached hydrogens (tertiary/aromatic N) is 6. The topological polar surface area (TPSA) is 69.1 Å². The van der Waals surface area contributed by atoms with Crippen molar-refractivity contribution in [2.45, 2.75) is 6.42 Å². The first-order valence-electron chi connectivity index (χ1n) is 9.50. The van der Waals surface area contributed by atoms with Gasteiger partial charge in [0, 0.05) is 84.8 Å². The van der Waals surface area contributed by atoms with E-state index in [1.165, 1.54) is 0 Å². The van der Waals surface area contributed by atoms with Crippen LogP contribution in [0.3, 0.4) is 0 Å². The lowest BCUT2D eigenvalue weighted by Crippen LogP contribution is -2.50. The van der Waals surface area contributed by atoms with Crippen molar-refractivity contribution in [1.82, 2.24) is 25.1 Å². The van der Waals surface area contributed by atoms with E-state index in [0.29, 0.717) is 5.92 Å². The number of aromatic nitrogens is 2. The highest BCUT2D eigenvalue weighted by Gasteiger charge is 2.20. The lowest BCUT2D eigenvalue weighted by Gasteiger charge is -2.35. The van der Waals surface area contributed by atoms with Gasteiger partial charge >= 0.3 is 0 Å². The minimum atomic E-state index is 0.617. The summed E-state index contributed by atoms with van der Waals surface area (Å²) in [6.07, 6.45) is 4.76. The zero-order chi connectivity index (χ0) is 18.2. The van der Waals surface area contributed by atoms with Gasteiger partial charge in [0.05, 0.1) is 6.61 Å². The Labute approximate surface area is 156 Å². The van der Waals surface area contributed by atoms with Crippen LogP contribution in [0.4, 0.5) is 5.95 Å². The van der Waals surface area contributed by atoms with Crippen LogP contribution in [0.2, 0.25) is 0 Å². The van der Waals surface area contributed by atoms with Crippen LogP contribution in [0.15, 0.2) is 23.5 Å². The summed E-state index contributed by atoms with van der Waals surface area (Å²) in [7, 11) is 3.95. The Bertz CT molecular complexity index is 554. The van der Waals surface area contributed by atoms with E-state index in [9.17, 15) is 0 Å². The molecule has 0 amide bonds. The van der Waals surface area contributed by atoms with Crippen molar-refractivity contribution in [2.75, 3.05) is 78.0 Å². The molecule has 2 aliphatic rings. The molecule has 2 aliphatic heterocycles. The number of hydrogen-bond acceptors (Lipinski definition) is 6. The molecule has 1 unspecified atom stereocenters. The minimum absolute atomic E-state index is 0.617. The maximum absolute atomic E-state index is 5.47. The summed E-state index contributed by atoms with van der Waals surface area (Å²) in [6, 6.07) is 1.86. The Morgan fingerprint density at radius 1 is 1.31 bits per heavy atom. The number of ether oxygens (including phenoxy) is 1. The number of rotatable bonds is 6. The van der Waals surface area contributed by atoms with E-state index in [4.69, 9.17) is 4.74 Å². The summed E-state index contributed by atoms with van der Waals surface area (Å²) in [5.74, 6) is 2.42. The molecular weight excluding hydrogens is 330 g/mol. The monoisotopic (exact) mass is 361 g/mol. The lowest BCUT2D eigenvalue weighted by atomic mass is 10.1. The van der Waals surface area contributed by atoms with Gasteiger partial charge in [0.1, 0.15) is 0 Å². The van der Waals surface area contributed by atoms with Gasteiger partial charge in [0.2, 0.25) is 5.95 Å². The zero-order valence-electron chi connectivity index (χ0n) is 16.0. The Balaban J connectivity index is 1.35. The Morgan fingerprint density at radius 2 is 2.08 bits per heavy atom. The smallest absolute Gasteiger partial charge is 0.225 e. The minimum Gasteiger partial charge on any atom is -0.381 e. The first-order valence-corrected chi connectivity index (χ1v) is 9.50. The van der Waals surface area contributed by atoms with Crippen LogP contribution >= 0.6 is 0 Å². The second-order valence-electron chi connectivity index (χ2n) is 6.96. The van der Waals surface area contributed by atoms with Crippen molar-refractivity contribution in [2.24, 2.45) is 10.9 Å². The van der Waals surface area contributed by atoms with E-state index < -0.39 is 0 Å². The molecule has 1 aromatic rings. The molecule has 1 aromatic heterocycles. The van der Waals surface area contributed by atoms with Crippen LogP contribution in [-0.2, 0) is 4.74 Å². The third-order valence-corrected chi connectivity index (χ3v) is 5.05. The summed E-state index contributed by atoms with van der Waals surface area (Å²) in [6.45, 7) is 8.70. The highest BCUT2D eigenvalue weighted by Crippen LogP contribution is 2.13. The SMILES string of the molecule is CN=C(NCCN1CCN(c2ncccn2)CC1)N(C)CC1CCOC1. The first kappa shape index (κ1) is 18.8. The van der Waals surface area contributed by atoms with Crippen molar-refractivity contribution in [3.05, 3.63) is 18.5 Å². The molecule has 0 bridgehead atoms. The molecule has 8 nitrogen and oxygen atoms in total. The predicted molar refractivity (Wildman–Crippen MR) is 104 cm³/mol. The van der Waals surface area contributed by atoms with Crippen molar-refractivity contribution >= 4 is 11.9 Å². The van der Waals surface area contributed by atoms with Crippen LogP contribution in [-0.4, -0.2) is 98.8 Å². The standard InChI is InChI=1S/C18H31N7O/c1-19-17(23(2)14-16-4-13-26-15-16)22-7-8-24-9-11-25(12-10-24)18-20-5-3-6-21-18/h3,5-6,16H,4,7-15H2,1-2H3,(H,19,22). The molecule has 1 atom stereocenters. The molecule has 0 saturated carbocycles. The second kappa shape index (κ2) is 9.68. The van der Waals surface area contributed by atoms with Crippen molar-refractivity contribution in [3.63, 3.8) is 0 Å². The average molecular weight is 361 g/mol. The maximum Gasteiger partial charge on any atom is 0.225 e. The second-order valence-corrected chi connectivity index (χ2v) is 6.96. The summed E-state index contributed by atoms with van der Waals surface area (Å²) in [4.78, 5) is 20.0. The number of nitrogens with one attached hydrogen (secondary N) is 1. The van der Waals surface area contributed by atoms with E-state index in [2.05, 4.69) is 42.0 Å². The Morgan fingerprint density at radius 3 is 2.73 bits per heavy atom. The molecule has 144 valence electrons. The van der Waals surface area contributed by atoms with E-state index in [-0.39, 0.29) is 0 Å². The third-order valence-electron chi connectivity index (χ3n) is 5.05. The van der Waals surface area contributed by atoms with Gasteiger partial charge in [-0.1, -0.05) is 0 Å². The molecule has 3 heterocycles. The van der Waals surface area contributed by atoms with Gasteiger partial charge in [-0.2, -0.15) is 0 Å². The van der Waals surface area contributed by atoms with E-state index in [0.717, 1.165) is 77.4 Å². The average Bonchev–Trinajstić information content (AvgIpc) is 3.19. The van der Waals surface area contributed by atoms with Crippen LogP contribution < -0.4 is 10.2 Å². The molecule has 0 aromatic carbocycles. The van der Waals surface area contributed by atoms with Gasteiger partial charge in [0.25, 0.3) is 0 Å². The van der Waals surface area contributed by atoms with Gasteiger partial charge in [-0.05, 0) is 12.5 Å². The van der Waals surface area contributed by atoms with Gasteiger partial charge in [-0.3, -0.25) is 9.89 Å². The van der Waals surface area contributed by atoms with E-state index in [1.54, 1.807) is 12.4 Å². The Kier molecular flexibility index (Phi) is 7.02. The van der Waals surface area contributed by atoms with Gasteiger partial charge in [0.15, 0.2) is 5.96 Å².